The maximum Gasteiger partial charge on any atom is 0.263 e. The monoisotopic (exact) mass is 605 g/mol. The Morgan fingerprint density at radius 2 is 1.77 bits per heavy atom. The number of anilines is 4. The Morgan fingerprint density at radius 1 is 1.05 bits per heavy atom. The molecule has 0 spiro atoms. The Kier molecular flexibility index (Phi) is 8.93. The lowest BCUT2D eigenvalue weighted by Crippen LogP contribution is -2.21. The Labute approximate surface area is 237 Å². The Morgan fingerprint density at radius 3 is 2.46 bits per heavy atom. The minimum Gasteiger partial charge on any atom is -0.440 e. The number of rotatable bonds is 10. The van der Waals surface area contributed by atoms with Crippen LogP contribution in [0.4, 0.5) is 23.1 Å². The van der Waals surface area contributed by atoms with Crippen LogP contribution in [-0.4, -0.2) is 36.1 Å². The normalized spacial score (nSPS) is 12.2. The van der Waals surface area contributed by atoms with Gasteiger partial charge in [0.15, 0.2) is 0 Å². The molecule has 4 aromatic rings. The van der Waals surface area contributed by atoms with E-state index in [9.17, 15) is 17.7 Å². The summed E-state index contributed by atoms with van der Waals surface area (Å²) in [5.74, 6) is 0.662. The summed E-state index contributed by atoms with van der Waals surface area (Å²) in [6, 6.07) is 17.2. The Hall–Kier alpha value is -3.42. The number of aromatic nitrogens is 2. The summed E-state index contributed by atoms with van der Waals surface area (Å²) in [7, 11) is -5.87. The fourth-order valence-electron chi connectivity index (χ4n) is 3.48. The van der Waals surface area contributed by atoms with Crippen LogP contribution in [0.1, 0.15) is 6.92 Å². The summed E-state index contributed by atoms with van der Waals surface area (Å²) in [6.45, 7) is 1.64. The molecule has 0 aliphatic heterocycles. The topological polar surface area (TPSA) is 157 Å². The maximum atomic E-state index is 12.8. The highest BCUT2D eigenvalue weighted by Crippen LogP contribution is 2.32. The van der Waals surface area contributed by atoms with Gasteiger partial charge in [0.05, 0.1) is 16.7 Å². The molecule has 0 bridgehead atoms. The van der Waals surface area contributed by atoms with Crippen LogP contribution in [0.5, 0.6) is 0 Å². The van der Waals surface area contributed by atoms with Gasteiger partial charge < -0.3 is 24.7 Å². The molecule has 0 radical (unpaired) electrons. The van der Waals surface area contributed by atoms with Crippen molar-refractivity contribution in [2.75, 3.05) is 22.0 Å². The number of nitrogens with one attached hydrogen (secondary N) is 4. The molecular formula is C25H23Cl2N6O4S2-. The molecule has 0 saturated heterocycles. The smallest absolute Gasteiger partial charge is 0.263 e. The second kappa shape index (κ2) is 12.2. The molecule has 0 amide bonds. The molecule has 14 heteroatoms. The average Bonchev–Trinajstić information content (AvgIpc) is 2.91. The predicted molar refractivity (Wildman–Crippen MR) is 154 cm³/mol. The number of aliphatic hydroxyl groups excluding tert-OH is 1. The minimum atomic E-state index is -3.99. The highest BCUT2D eigenvalue weighted by atomic mass is 35.5. The first-order valence-corrected chi connectivity index (χ1v) is 14.8. The van der Waals surface area contributed by atoms with Gasteiger partial charge in [0.1, 0.15) is 10.7 Å². The molecule has 204 valence electrons. The van der Waals surface area contributed by atoms with E-state index in [0.29, 0.717) is 33.2 Å². The molecule has 1 heterocycles. The fourth-order valence-corrected chi connectivity index (χ4v) is 5.74. The summed E-state index contributed by atoms with van der Waals surface area (Å²) < 4.78 is 47.1. The van der Waals surface area contributed by atoms with Crippen LogP contribution in [0, 0.1) is 4.78 Å². The summed E-state index contributed by atoms with van der Waals surface area (Å²) >= 11 is 12.1. The van der Waals surface area contributed by atoms with Gasteiger partial charge in [-0.05, 0) is 42.8 Å². The second-order valence-corrected chi connectivity index (χ2v) is 11.8. The molecule has 0 aliphatic carbocycles. The van der Waals surface area contributed by atoms with E-state index in [0.717, 1.165) is 0 Å². The molecule has 5 N–H and O–H groups in total. The third kappa shape index (κ3) is 6.97. The highest BCUT2D eigenvalue weighted by Gasteiger charge is 2.20. The van der Waals surface area contributed by atoms with E-state index in [1.165, 1.54) is 18.2 Å². The van der Waals surface area contributed by atoms with E-state index < -0.39 is 20.6 Å². The molecule has 1 unspecified atom stereocenters. The zero-order chi connectivity index (χ0) is 28.2. The van der Waals surface area contributed by atoms with E-state index in [2.05, 4.69) is 25.3 Å². The molecule has 1 atom stereocenters. The van der Waals surface area contributed by atoms with Crippen molar-refractivity contribution in [2.24, 2.45) is 0 Å². The number of sulfonamides is 1. The van der Waals surface area contributed by atoms with Gasteiger partial charge in [-0.3, -0.25) is 4.72 Å². The van der Waals surface area contributed by atoms with Gasteiger partial charge in [-0.25, -0.2) is 13.4 Å². The Bertz CT molecular complexity index is 1670. The van der Waals surface area contributed by atoms with Crippen molar-refractivity contribution in [3.8, 4) is 11.1 Å². The number of hydrogen-bond acceptors (Lipinski definition) is 10. The summed E-state index contributed by atoms with van der Waals surface area (Å²) in [4.78, 5) is 9.11. The van der Waals surface area contributed by atoms with Crippen molar-refractivity contribution < 1.29 is 17.7 Å². The Balaban J connectivity index is 1.61. The van der Waals surface area contributed by atoms with Crippen LogP contribution in [0.25, 0.3) is 11.1 Å². The predicted octanol–water partition coefficient (Wildman–Crippen LogP) is 5.87. The van der Waals surface area contributed by atoms with Crippen molar-refractivity contribution in [3.05, 3.63) is 83.0 Å². The van der Waals surface area contributed by atoms with Gasteiger partial charge in [0, 0.05) is 29.2 Å². The zero-order valence-electron chi connectivity index (χ0n) is 20.4. The second-order valence-electron chi connectivity index (χ2n) is 8.34. The first-order valence-electron chi connectivity index (χ1n) is 11.4. The van der Waals surface area contributed by atoms with E-state index in [1.807, 2.05) is 0 Å². The molecular weight excluding hydrogens is 583 g/mol. The lowest BCUT2D eigenvalue weighted by molar-refractivity contribution is 0.281. The molecule has 3 aromatic carbocycles. The third-order valence-electron chi connectivity index (χ3n) is 5.40. The molecule has 0 fully saturated rings. The van der Waals surface area contributed by atoms with Gasteiger partial charge in [-0.15, -0.1) is 0 Å². The number of halogens is 2. The van der Waals surface area contributed by atoms with Crippen LogP contribution in [0.2, 0.25) is 10.0 Å². The van der Waals surface area contributed by atoms with Crippen molar-refractivity contribution in [2.45, 2.75) is 22.8 Å². The van der Waals surface area contributed by atoms with Gasteiger partial charge in [-0.1, -0.05) is 64.5 Å². The maximum absolute atomic E-state index is 12.8. The van der Waals surface area contributed by atoms with Crippen LogP contribution in [-0.2, 0) is 24.8 Å². The number of hydrogen-bond donors (Lipinski definition) is 5. The number of benzene rings is 3. The summed E-state index contributed by atoms with van der Waals surface area (Å²) in [5, 5.41) is 15.8. The zero-order valence-corrected chi connectivity index (χ0v) is 23.5. The van der Waals surface area contributed by atoms with Gasteiger partial charge in [0.25, 0.3) is 10.0 Å². The van der Waals surface area contributed by atoms with Crippen molar-refractivity contribution in [3.63, 3.8) is 0 Å². The van der Waals surface area contributed by atoms with Crippen molar-refractivity contribution >= 4 is 67.0 Å². The van der Waals surface area contributed by atoms with E-state index in [-0.39, 0.29) is 33.5 Å². The molecule has 39 heavy (non-hydrogen) atoms. The van der Waals surface area contributed by atoms with Crippen molar-refractivity contribution in [1.29, 1.82) is 4.78 Å². The van der Waals surface area contributed by atoms with Gasteiger partial charge >= 0.3 is 0 Å². The number of aliphatic hydroxyl groups is 1. The first-order chi connectivity index (χ1) is 18.6. The largest absolute Gasteiger partial charge is 0.440 e. The molecule has 0 aliphatic rings. The van der Waals surface area contributed by atoms with Crippen molar-refractivity contribution in [1.82, 2.24) is 9.97 Å². The van der Waals surface area contributed by atoms with Gasteiger partial charge in [-0.2, -0.15) is 15.6 Å². The lowest BCUT2D eigenvalue weighted by atomic mass is 10.1. The van der Waals surface area contributed by atoms with Gasteiger partial charge in [0.2, 0.25) is 5.95 Å². The standard InChI is InChI=1S/C25H23Cl2N6O4S2/c1-15(14-34)30-24-20(13-29-25(32-24)31-18-4-2-5-19(12-18)38(28)35)16-8-10-17(11-9-16)33-39(36,37)22-7-3-6-21(26)23(22)27/h2-13,15,28,33-34H,14H2,1H3,(H2,29,30,31,32)/q-1. The van der Waals surface area contributed by atoms with E-state index >= 15 is 0 Å². The van der Waals surface area contributed by atoms with Crippen LogP contribution in [0.3, 0.4) is 0 Å². The fraction of sp³-hybridized carbons (Fsp3) is 0.120. The molecule has 0 saturated carbocycles. The summed E-state index contributed by atoms with van der Waals surface area (Å²) in [6.07, 6.45) is 1.58. The summed E-state index contributed by atoms with van der Waals surface area (Å²) in [5.41, 5.74) is 2.15. The van der Waals surface area contributed by atoms with Crippen LogP contribution in [0.15, 0.2) is 82.7 Å². The quantitative estimate of drug-likeness (QED) is 0.140. The SMILES string of the molecule is CC(CO)Nc1nc(Nc2cccc([S-](=N)=O)c2)ncc1-c1ccc(NS(=O)(=O)c2cccc(Cl)c2Cl)cc1. The van der Waals surface area contributed by atoms with E-state index in [1.54, 1.807) is 61.7 Å². The molecule has 1 aromatic heterocycles. The lowest BCUT2D eigenvalue weighted by Gasteiger charge is -2.17. The third-order valence-corrected chi connectivity index (χ3v) is 8.44. The average molecular weight is 607 g/mol. The number of nitrogens with zero attached hydrogens (tertiary/aromatic N) is 2. The highest BCUT2D eigenvalue weighted by molar-refractivity contribution is 7.92. The van der Waals surface area contributed by atoms with E-state index in [4.69, 9.17) is 28.0 Å². The van der Waals surface area contributed by atoms with Crippen LogP contribution >= 0.6 is 23.2 Å². The molecule has 4 rings (SSSR count). The molecule has 10 nitrogen and oxygen atoms in total. The first kappa shape index (κ1) is 28.6. The minimum absolute atomic E-state index is 0.0671. The van der Waals surface area contributed by atoms with Crippen LogP contribution < -0.4 is 15.4 Å².